The Hall–Kier alpha value is -2.61. The molecule has 1 aliphatic heterocycles. The molecule has 0 aromatic heterocycles. The molecule has 3 rings (SSSR count). The van der Waals surface area contributed by atoms with Gasteiger partial charge >= 0.3 is 11.9 Å². The van der Waals surface area contributed by atoms with Crippen LogP contribution in [0.1, 0.15) is 63.8 Å². The number of morpholine rings is 1. The maximum absolute atomic E-state index is 13.6. The molecule has 1 N–H and O–H groups in total. The smallest absolute Gasteiger partial charge is 0.308 e. The first-order valence-electron chi connectivity index (χ1n) is 11.3. The molecule has 0 spiro atoms. The number of nitrogens with zero attached hydrogens (tertiary/aromatic N) is 1. The Labute approximate surface area is 214 Å². The Morgan fingerprint density at radius 1 is 1.09 bits per heavy atom. The molecule has 1 unspecified atom stereocenters. The molecule has 2 aromatic rings. The molecule has 1 amide bonds. The van der Waals surface area contributed by atoms with E-state index in [0.29, 0.717) is 15.6 Å². The predicted octanol–water partition coefficient (Wildman–Crippen LogP) is 5.60. The van der Waals surface area contributed by atoms with Gasteiger partial charge in [-0.25, -0.2) is 0 Å². The van der Waals surface area contributed by atoms with Crippen LogP contribution in [0.4, 0.5) is 0 Å². The second-order valence-electron chi connectivity index (χ2n) is 9.58. The fourth-order valence-electron chi connectivity index (χ4n) is 4.21. The van der Waals surface area contributed by atoms with Gasteiger partial charge < -0.3 is 19.5 Å². The van der Waals surface area contributed by atoms with E-state index in [1.54, 1.807) is 70.2 Å². The quantitative estimate of drug-likeness (QED) is 0.476. The van der Waals surface area contributed by atoms with Gasteiger partial charge in [-0.05, 0) is 63.1 Å². The number of benzene rings is 2. The summed E-state index contributed by atoms with van der Waals surface area (Å²) in [5, 5.41) is 10.4. The third kappa shape index (κ3) is 6.97. The van der Waals surface area contributed by atoms with Crippen LogP contribution in [0.25, 0.3) is 0 Å². The molecule has 0 saturated carbocycles. The second kappa shape index (κ2) is 11.0. The first-order chi connectivity index (χ1) is 16.4. The van der Waals surface area contributed by atoms with Gasteiger partial charge in [0.1, 0.15) is 17.8 Å². The zero-order chi connectivity index (χ0) is 25.9. The van der Waals surface area contributed by atoms with E-state index in [0.717, 1.165) is 5.56 Å². The summed E-state index contributed by atoms with van der Waals surface area (Å²) in [6.07, 6.45) is -2.56. The largest absolute Gasteiger partial charge is 0.481 e. The molecule has 1 aliphatic rings. The fraction of sp³-hybridized carbons (Fsp3) is 0.423. The molecule has 4 atom stereocenters. The molecule has 188 valence electrons. The van der Waals surface area contributed by atoms with Crippen LogP contribution in [-0.2, 0) is 23.9 Å². The first-order valence-corrected chi connectivity index (χ1v) is 12.0. The number of ether oxygens (including phenoxy) is 2. The minimum atomic E-state index is -1.24. The van der Waals surface area contributed by atoms with Crippen LogP contribution in [0, 0.1) is 0 Å². The zero-order valence-corrected chi connectivity index (χ0v) is 21.5. The summed E-state index contributed by atoms with van der Waals surface area (Å²) in [4.78, 5) is 39.3. The molecule has 2 aromatic carbocycles. The van der Waals surface area contributed by atoms with Gasteiger partial charge in [-0.3, -0.25) is 14.4 Å². The van der Waals surface area contributed by atoms with Gasteiger partial charge in [0.05, 0.1) is 18.9 Å². The summed E-state index contributed by atoms with van der Waals surface area (Å²) >= 11 is 12.4. The van der Waals surface area contributed by atoms with Gasteiger partial charge in [-0.1, -0.05) is 47.5 Å². The van der Waals surface area contributed by atoms with Gasteiger partial charge in [-0.2, -0.15) is 0 Å². The number of carbonyl (C=O) groups excluding carboxylic acids is 2. The topological polar surface area (TPSA) is 93.1 Å². The normalized spacial score (nSPS) is 21.5. The Balaban J connectivity index is 2.09. The Morgan fingerprint density at radius 3 is 2.31 bits per heavy atom. The van der Waals surface area contributed by atoms with Gasteiger partial charge in [0.15, 0.2) is 0 Å². The number of esters is 1. The van der Waals surface area contributed by atoms with Crippen LogP contribution in [0.15, 0.2) is 48.5 Å². The summed E-state index contributed by atoms with van der Waals surface area (Å²) in [5.74, 6) is -2.15. The molecule has 7 nitrogen and oxygen atoms in total. The van der Waals surface area contributed by atoms with Gasteiger partial charge in [-0.15, -0.1) is 0 Å². The van der Waals surface area contributed by atoms with Crippen LogP contribution in [0.2, 0.25) is 10.0 Å². The molecular formula is C26H29Cl2NO6. The Bertz CT molecular complexity index is 1080. The molecular weight excluding hydrogens is 493 g/mol. The van der Waals surface area contributed by atoms with Crippen molar-refractivity contribution in [3.63, 3.8) is 0 Å². The lowest BCUT2D eigenvalue weighted by atomic mass is 9.89. The number of carbonyl (C=O) groups is 3. The number of amides is 1. The average Bonchev–Trinajstić information content (AvgIpc) is 2.73. The van der Waals surface area contributed by atoms with Crippen molar-refractivity contribution in [1.29, 1.82) is 0 Å². The lowest BCUT2D eigenvalue weighted by molar-refractivity contribution is -0.184. The molecule has 1 fully saturated rings. The van der Waals surface area contributed by atoms with Crippen molar-refractivity contribution in [2.45, 2.75) is 70.4 Å². The minimum Gasteiger partial charge on any atom is -0.481 e. The van der Waals surface area contributed by atoms with E-state index in [-0.39, 0.29) is 6.42 Å². The van der Waals surface area contributed by atoms with E-state index in [2.05, 4.69) is 0 Å². The summed E-state index contributed by atoms with van der Waals surface area (Å²) in [6, 6.07) is 12.7. The van der Waals surface area contributed by atoms with E-state index in [9.17, 15) is 19.5 Å². The van der Waals surface area contributed by atoms with Crippen molar-refractivity contribution in [2.75, 3.05) is 0 Å². The highest BCUT2D eigenvalue weighted by Crippen LogP contribution is 2.44. The third-order valence-electron chi connectivity index (χ3n) is 5.53. The number of halogens is 2. The highest BCUT2D eigenvalue weighted by atomic mass is 35.5. The van der Waals surface area contributed by atoms with Crippen LogP contribution in [0.5, 0.6) is 0 Å². The number of hydrogen-bond donors (Lipinski definition) is 1. The molecule has 35 heavy (non-hydrogen) atoms. The highest BCUT2D eigenvalue weighted by Gasteiger charge is 2.47. The van der Waals surface area contributed by atoms with Crippen molar-refractivity contribution < 1.29 is 29.0 Å². The number of carboxylic acids is 1. The van der Waals surface area contributed by atoms with Crippen LogP contribution >= 0.6 is 23.2 Å². The Kier molecular flexibility index (Phi) is 8.46. The molecule has 1 heterocycles. The standard InChI is InChI=1S/C26H29Cl2NO6/c1-15(12-22(32)35-26(2,3)4)29-23(16-8-10-18(27)11-9-16)24(17-6-5-7-19(28)13-17)34-20(25(29)33)14-21(30)31/h5-11,13,15,20,23-24H,12,14H2,1-4H3,(H,30,31)/t15?,20-,23-,24-/m1/s1. The van der Waals surface area contributed by atoms with Gasteiger partial charge in [0, 0.05) is 16.1 Å². The van der Waals surface area contributed by atoms with Crippen molar-refractivity contribution in [3.8, 4) is 0 Å². The summed E-state index contributed by atoms with van der Waals surface area (Å²) in [6.45, 7) is 7.04. The summed E-state index contributed by atoms with van der Waals surface area (Å²) < 4.78 is 11.6. The number of rotatable bonds is 7. The van der Waals surface area contributed by atoms with Crippen LogP contribution < -0.4 is 0 Å². The SMILES string of the molecule is CC(CC(=O)OC(C)(C)C)N1C(=O)[C@@H](CC(=O)O)O[C@H](c2cccc(Cl)c2)[C@H]1c1ccc(Cl)cc1. The van der Waals surface area contributed by atoms with Crippen molar-refractivity contribution in [3.05, 3.63) is 69.7 Å². The average molecular weight is 522 g/mol. The van der Waals surface area contributed by atoms with Crippen molar-refractivity contribution in [2.24, 2.45) is 0 Å². The number of carboxylic acid groups (broad SMARTS) is 1. The molecule has 1 saturated heterocycles. The van der Waals surface area contributed by atoms with E-state index in [4.69, 9.17) is 32.7 Å². The van der Waals surface area contributed by atoms with Gasteiger partial charge in [0.2, 0.25) is 0 Å². The minimum absolute atomic E-state index is 0.0742. The predicted molar refractivity (Wildman–Crippen MR) is 132 cm³/mol. The van der Waals surface area contributed by atoms with E-state index in [1.807, 2.05) is 6.07 Å². The lowest BCUT2D eigenvalue weighted by Crippen LogP contribution is -2.55. The van der Waals surface area contributed by atoms with E-state index >= 15 is 0 Å². The van der Waals surface area contributed by atoms with Crippen molar-refractivity contribution in [1.82, 2.24) is 4.90 Å². The summed E-state index contributed by atoms with van der Waals surface area (Å²) in [7, 11) is 0. The van der Waals surface area contributed by atoms with E-state index < -0.39 is 54.2 Å². The molecule has 0 radical (unpaired) electrons. The van der Waals surface area contributed by atoms with Crippen molar-refractivity contribution >= 4 is 41.0 Å². The monoisotopic (exact) mass is 521 g/mol. The van der Waals surface area contributed by atoms with Gasteiger partial charge in [0.25, 0.3) is 5.91 Å². The third-order valence-corrected chi connectivity index (χ3v) is 6.02. The summed E-state index contributed by atoms with van der Waals surface area (Å²) in [5.41, 5.74) is 0.712. The van der Waals surface area contributed by atoms with E-state index in [1.165, 1.54) is 4.90 Å². The number of hydrogen-bond acceptors (Lipinski definition) is 5. The zero-order valence-electron chi connectivity index (χ0n) is 20.0. The lowest BCUT2D eigenvalue weighted by Gasteiger charge is -2.47. The maximum atomic E-state index is 13.6. The highest BCUT2D eigenvalue weighted by molar-refractivity contribution is 6.30. The maximum Gasteiger partial charge on any atom is 0.308 e. The van der Waals surface area contributed by atoms with Crippen LogP contribution in [-0.4, -0.2) is 45.6 Å². The second-order valence-corrected chi connectivity index (χ2v) is 10.5. The molecule has 0 bridgehead atoms. The fourth-order valence-corrected chi connectivity index (χ4v) is 4.53. The molecule has 0 aliphatic carbocycles. The molecule has 9 heteroatoms. The van der Waals surface area contributed by atoms with Crippen LogP contribution in [0.3, 0.4) is 0 Å². The number of aliphatic carboxylic acids is 1. The Morgan fingerprint density at radius 2 is 1.74 bits per heavy atom. The first kappa shape index (κ1) is 27.0.